The van der Waals surface area contributed by atoms with Crippen molar-refractivity contribution >= 4 is 5.78 Å². The minimum absolute atomic E-state index is 0.0544. The van der Waals surface area contributed by atoms with Crippen molar-refractivity contribution in [2.45, 2.75) is 71.1 Å². The van der Waals surface area contributed by atoms with Gasteiger partial charge in [0.2, 0.25) is 0 Å². The van der Waals surface area contributed by atoms with Gasteiger partial charge in [0.25, 0.3) is 0 Å². The minimum atomic E-state index is -0.0544. The first-order valence-corrected chi connectivity index (χ1v) is 7.69. The van der Waals surface area contributed by atoms with Crippen LogP contribution in [0.3, 0.4) is 0 Å². The Bertz CT molecular complexity index is 348. The van der Waals surface area contributed by atoms with Crippen LogP contribution in [0.1, 0.15) is 76.8 Å². The van der Waals surface area contributed by atoms with Crippen LogP contribution in [0.4, 0.5) is 0 Å². The largest absolute Gasteiger partial charge is 0.299 e. The predicted molar refractivity (Wildman–Crippen MR) is 80.3 cm³/mol. The molecule has 0 amide bonds. The lowest BCUT2D eigenvalue weighted by atomic mass is 9.97. The molecule has 0 aliphatic rings. The second-order valence-electron chi connectivity index (χ2n) is 5.31. The maximum atomic E-state index is 12.0. The summed E-state index contributed by atoms with van der Waals surface area (Å²) in [5.41, 5.74) is 0.899. The number of ketones is 1. The van der Waals surface area contributed by atoms with Gasteiger partial charge in [-0.3, -0.25) is 9.78 Å². The van der Waals surface area contributed by atoms with Crippen molar-refractivity contribution in [2.75, 3.05) is 0 Å². The number of hydrogen-bond donors (Lipinski definition) is 0. The Kier molecular flexibility index (Phi) is 8.11. The molecule has 1 atom stereocenters. The Labute approximate surface area is 117 Å². The summed E-state index contributed by atoms with van der Waals surface area (Å²) in [5, 5.41) is 0. The monoisotopic (exact) mass is 261 g/mol. The van der Waals surface area contributed by atoms with E-state index in [-0.39, 0.29) is 5.92 Å². The van der Waals surface area contributed by atoms with E-state index in [1.54, 1.807) is 6.20 Å². The Morgan fingerprint density at radius 1 is 1.11 bits per heavy atom. The maximum Gasteiger partial charge on any atom is 0.141 e. The van der Waals surface area contributed by atoms with Crippen molar-refractivity contribution in [1.82, 2.24) is 4.98 Å². The molecule has 0 saturated heterocycles. The predicted octanol–water partition coefficient (Wildman–Crippen LogP) is 4.89. The van der Waals surface area contributed by atoms with Crippen molar-refractivity contribution in [2.24, 2.45) is 0 Å². The maximum absolute atomic E-state index is 12.0. The van der Waals surface area contributed by atoms with Crippen molar-refractivity contribution in [1.29, 1.82) is 0 Å². The molecule has 1 rings (SSSR count). The van der Waals surface area contributed by atoms with E-state index in [9.17, 15) is 4.79 Å². The smallest absolute Gasteiger partial charge is 0.141 e. The summed E-state index contributed by atoms with van der Waals surface area (Å²) < 4.78 is 0. The molecule has 0 bridgehead atoms. The van der Waals surface area contributed by atoms with E-state index in [2.05, 4.69) is 11.9 Å². The average molecular weight is 261 g/mol. The van der Waals surface area contributed by atoms with E-state index in [1.165, 1.54) is 38.5 Å². The van der Waals surface area contributed by atoms with Crippen LogP contribution in [0.25, 0.3) is 0 Å². The topological polar surface area (TPSA) is 30.0 Å². The standard InChI is InChI=1S/C17H27NO/c1-3-4-5-6-7-8-9-13-17(19)15(2)16-12-10-11-14-18-16/h10-12,14-15H,3-9,13H2,1-2H3. The molecule has 0 aliphatic heterocycles. The molecular weight excluding hydrogens is 234 g/mol. The summed E-state index contributed by atoms with van der Waals surface area (Å²) in [6.07, 6.45) is 11.2. The summed E-state index contributed by atoms with van der Waals surface area (Å²) in [5.74, 6) is 0.272. The first-order valence-electron chi connectivity index (χ1n) is 7.69. The van der Waals surface area contributed by atoms with Crippen LogP contribution in [-0.4, -0.2) is 10.8 Å². The summed E-state index contributed by atoms with van der Waals surface area (Å²) in [7, 11) is 0. The molecule has 1 aromatic heterocycles. The zero-order valence-corrected chi connectivity index (χ0v) is 12.4. The molecule has 1 unspecified atom stereocenters. The van der Waals surface area contributed by atoms with Gasteiger partial charge >= 0.3 is 0 Å². The molecule has 1 aromatic rings. The fraction of sp³-hybridized carbons (Fsp3) is 0.647. The van der Waals surface area contributed by atoms with E-state index in [0.717, 1.165) is 12.1 Å². The van der Waals surface area contributed by atoms with Crippen LogP contribution in [0.2, 0.25) is 0 Å². The fourth-order valence-electron chi connectivity index (χ4n) is 2.27. The number of carbonyl (C=O) groups excluding carboxylic acids is 1. The van der Waals surface area contributed by atoms with Crippen LogP contribution in [0.15, 0.2) is 24.4 Å². The summed E-state index contributed by atoms with van der Waals surface area (Å²) in [4.78, 5) is 16.3. The van der Waals surface area contributed by atoms with Crippen LogP contribution in [-0.2, 0) is 4.79 Å². The molecule has 0 aliphatic carbocycles. The van der Waals surface area contributed by atoms with E-state index in [0.29, 0.717) is 12.2 Å². The van der Waals surface area contributed by atoms with Gasteiger partial charge in [0.1, 0.15) is 5.78 Å². The van der Waals surface area contributed by atoms with Gasteiger partial charge < -0.3 is 0 Å². The molecule has 0 fully saturated rings. The van der Waals surface area contributed by atoms with Crippen molar-refractivity contribution in [3.63, 3.8) is 0 Å². The van der Waals surface area contributed by atoms with Gasteiger partial charge in [-0.15, -0.1) is 0 Å². The normalized spacial score (nSPS) is 12.3. The molecule has 2 heteroatoms. The van der Waals surface area contributed by atoms with Gasteiger partial charge in [-0.2, -0.15) is 0 Å². The second kappa shape index (κ2) is 9.71. The molecule has 106 valence electrons. The number of hydrogen-bond acceptors (Lipinski definition) is 2. The highest BCUT2D eigenvalue weighted by atomic mass is 16.1. The van der Waals surface area contributed by atoms with Crippen LogP contribution in [0.5, 0.6) is 0 Å². The van der Waals surface area contributed by atoms with E-state index in [1.807, 2.05) is 25.1 Å². The fourth-order valence-corrected chi connectivity index (χ4v) is 2.27. The molecule has 0 spiro atoms. The van der Waals surface area contributed by atoms with Gasteiger partial charge in [-0.1, -0.05) is 51.5 Å². The zero-order chi connectivity index (χ0) is 13.9. The van der Waals surface area contributed by atoms with Gasteiger partial charge in [0.15, 0.2) is 0 Å². The van der Waals surface area contributed by atoms with Gasteiger partial charge in [0, 0.05) is 12.6 Å². The van der Waals surface area contributed by atoms with Crippen LogP contribution in [0, 0.1) is 0 Å². The van der Waals surface area contributed by atoms with E-state index < -0.39 is 0 Å². The van der Waals surface area contributed by atoms with Crippen molar-refractivity contribution in [3.8, 4) is 0 Å². The summed E-state index contributed by atoms with van der Waals surface area (Å²) in [6.45, 7) is 4.20. The third-order valence-electron chi connectivity index (χ3n) is 3.64. The quantitative estimate of drug-likeness (QED) is 0.561. The summed E-state index contributed by atoms with van der Waals surface area (Å²) >= 11 is 0. The number of pyridine rings is 1. The minimum Gasteiger partial charge on any atom is -0.299 e. The molecule has 0 N–H and O–H groups in total. The number of nitrogens with zero attached hydrogens (tertiary/aromatic N) is 1. The Hall–Kier alpha value is -1.18. The molecule has 1 heterocycles. The lowest BCUT2D eigenvalue weighted by Crippen LogP contribution is -2.10. The highest BCUT2D eigenvalue weighted by Gasteiger charge is 2.15. The Balaban J connectivity index is 2.14. The Morgan fingerprint density at radius 3 is 2.42 bits per heavy atom. The lowest BCUT2D eigenvalue weighted by molar-refractivity contribution is -0.120. The highest BCUT2D eigenvalue weighted by Crippen LogP contribution is 2.17. The number of carbonyl (C=O) groups is 1. The average Bonchev–Trinajstić information content (AvgIpc) is 2.46. The first kappa shape index (κ1) is 15.9. The molecule has 19 heavy (non-hydrogen) atoms. The second-order valence-corrected chi connectivity index (χ2v) is 5.31. The lowest BCUT2D eigenvalue weighted by Gasteiger charge is -2.09. The SMILES string of the molecule is CCCCCCCCCC(=O)C(C)c1ccccn1. The third kappa shape index (κ3) is 6.51. The van der Waals surface area contributed by atoms with Gasteiger partial charge in [-0.25, -0.2) is 0 Å². The molecule has 0 saturated carbocycles. The Morgan fingerprint density at radius 2 is 1.79 bits per heavy atom. The molecule has 0 radical (unpaired) electrons. The molecule has 2 nitrogen and oxygen atoms in total. The number of unbranched alkanes of at least 4 members (excludes halogenated alkanes) is 6. The van der Waals surface area contributed by atoms with Gasteiger partial charge in [0.05, 0.1) is 11.6 Å². The third-order valence-corrected chi connectivity index (χ3v) is 3.64. The van der Waals surface area contributed by atoms with Crippen LogP contribution < -0.4 is 0 Å². The number of rotatable bonds is 10. The molecule has 0 aromatic carbocycles. The van der Waals surface area contributed by atoms with Crippen LogP contribution >= 0.6 is 0 Å². The van der Waals surface area contributed by atoms with Crippen molar-refractivity contribution < 1.29 is 4.79 Å². The zero-order valence-electron chi connectivity index (χ0n) is 12.4. The first-order chi connectivity index (χ1) is 9.25. The van der Waals surface area contributed by atoms with E-state index in [4.69, 9.17) is 0 Å². The van der Waals surface area contributed by atoms with E-state index >= 15 is 0 Å². The summed E-state index contributed by atoms with van der Waals surface area (Å²) in [6, 6.07) is 5.77. The van der Waals surface area contributed by atoms with Crippen molar-refractivity contribution in [3.05, 3.63) is 30.1 Å². The molecular formula is C17H27NO. The number of Topliss-reactive ketones (excluding diaryl/α,β-unsaturated/α-hetero) is 1. The highest BCUT2D eigenvalue weighted by molar-refractivity contribution is 5.84. The number of aromatic nitrogens is 1. The van der Waals surface area contributed by atoms with Gasteiger partial charge in [-0.05, 0) is 25.5 Å².